The molecule has 2 rings (SSSR count). The molecule has 28 heavy (non-hydrogen) atoms. The van der Waals surface area contributed by atoms with Crippen molar-refractivity contribution in [3.05, 3.63) is 54.4 Å². The summed E-state index contributed by atoms with van der Waals surface area (Å²) in [7, 11) is 0. The Balaban J connectivity index is 1.98. The summed E-state index contributed by atoms with van der Waals surface area (Å²) in [4.78, 5) is 20.1. The standard InChI is InChI=1S/C18H20F3N5O2/c1-2-23-17(25-12-16(27)26-14-7-5-9-22-11-14)24-10-13-6-3-4-8-15(13)28-18(19,20)21/h3-9,11H,2,10,12H2,1H3,(H,26,27)(H2,23,24,25). The summed E-state index contributed by atoms with van der Waals surface area (Å²) in [6, 6.07) is 9.14. The molecule has 0 aliphatic heterocycles. The summed E-state index contributed by atoms with van der Waals surface area (Å²) >= 11 is 0. The van der Waals surface area contributed by atoms with Gasteiger partial charge >= 0.3 is 6.36 Å². The van der Waals surface area contributed by atoms with E-state index >= 15 is 0 Å². The number of anilines is 1. The van der Waals surface area contributed by atoms with Crippen LogP contribution >= 0.6 is 0 Å². The lowest BCUT2D eigenvalue weighted by molar-refractivity contribution is -0.274. The van der Waals surface area contributed by atoms with E-state index in [1.807, 2.05) is 6.92 Å². The van der Waals surface area contributed by atoms with E-state index in [2.05, 4.69) is 30.7 Å². The third-order valence-corrected chi connectivity index (χ3v) is 3.31. The zero-order valence-corrected chi connectivity index (χ0v) is 15.1. The quantitative estimate of drug-likeness (QED) is 0.496. The van der Waals surface area contributed by atoms with Crippen LogP contribution in [-0.4, -0.2) is 36.3 Å². The van der Waals surface area contributed by atoms with Crippen LogP contribution in [0.3, 0.4) is 0 Å². The van der Waals surface area contributed by atoms with Crippen LogP contribution in [0.25, 0.3) is 0 Å². The molecular weight excluding hydrogens is 375 g/mol. The molecule has 3 N–H and O–H groups in total. The molecule has 0 spiro atoms. The molecule has 10 heteroatoms. The van der Waals surface area contributed by atoms with Gasteiger partial charge in [-0.1, -0.05) is 18.2 Å². The topological polar surface area (TPSA) is 87.6 Å². The number of hydrogen-bond donors (Lipinski definition) is 3. The Kier molecular flexibility index (Phi) is 7.61. The normalized spacial score (nSPS) is 11.6. The van der Waals surface area contributed by atoms with Gasteiger partial charge in [0.1, 0.15) is 5.75 Å². The molecule has 0 saturated heterocycles. The van der Waals surface area contributed by atoms with Gasteiger partial charge in [-0.2, -0.15) is 0 Å². The zero-order chi connectivity index (χ0) is 20.4. The highest BCUT2D eigenvalue weighted by molar-refractivity contribution is 5.94. The maximum Gasteiger partial charge on any atom is 0.573 e. The van der Waals surface area contributed by atoms with Crippen molar-refractivity contribution in [2.24, 2.45) is 4.99 Å². The minimum atomic E-state index is -4.78. The first-order valence-corrected chi connectivity index (χ1v) is 8.43. The van der Waals surface area contributed by atoms with Crippen molar-refractivity contribution in [3.63, 3.8) is 0 Å². The van der Waals surface area contributed by atoms with E-state index in [-0.39, 0.29) is 36.3 Å². The van der Waals surface area contributed by atoms with Crippen LogP contribution in [0.2, 0.25) is 0 Å². The molecule has 1 aromatic heterocycles. The van der Waals surface area contributed by atoms with E-state index in [1.54, 1.807) is 24.4 Å². The highest BCUT2D eigenvalue weighted by Crippen LogP contribution is 2.26. The first-order chi connectivity index (χ1) is 13.4. The van der Waals surface area contributed by atoms with Crippen LogP contribution in [0.5, 0.6) is 5.75 Å². The number of rotatable bonds is 7. The molecule has 2 aromatic rings. The van der Waals surface area contributed by atoms with Crippen LogP contribution in [0, 0.1) is 0 Å². The van der Waals surface area contributed by atoms with Crippen LogP contribution < -0.4 is 20.7 Å². The molecule has 7 nitrogen and oxygen atoms in total. The minimum absolute atomic E-state index is 0.0637. The second kappa shape index (κ2) is 10.1. The number of carbonyl (C=O) groups is 1. The second-order valence-corrected chi connectivity index (χ2v) is 5.49. The first-order valence-electron chi connectivity index (χ1n) is 8.43. The Labute approximate surface area is 160 Å². The average molecular weight is 395 g/mol. The number of para-hydroxylation sites is 1. The van der Waals surface area contributed by atoms with E-state index in [0.717, 1.165) is 0 Å². The smallest absolute Gasteiger partial charge is 0.405 e. The minimum Gasteiger partial charge on any atom is -0.405 e. The lowest BCUT2D eigenvalue weighted by atomic mass is 10.2. The van der Waals surface area contributed by atoms with Gasteiger partial charge in [0.15, 0.2) is 5.96 Å². The molecular formula is C18H20F3N5O2. The number of alkyl halides is 3. The van der Waals surface area contributed by atoms with Gasteiger partial charge in [0.25, 0.3) is 0 Å². The SMILES string of the molecule is CCNC(=NCc1ccccc1OC(F)(F)F)NCC(=O)Nc1cccnc1. The molecule has 1 aromatic carbocycles. The molecule has 150 valence electrons. The van der Waals surface area contributed by atoms with Crippen LogP contribution in [-0.2, 0) is 11.3 Å². The zero-order valence-electron chi connectivity index (χ0n) is 15.1. The van der Waals surface area contributed by atoms with Crippen molar-refractivity contribution in [2.45, 2.75) is 19.8 Å². The molecule has 1 amide bonds. The van der Waals surface area contributed by atoms with E-state index in [9.17, 15) is 18.0 Å². The van der Waals surface area contributed by atoms with E-state index in [1.165, 1.54) is 24.4 Å². The number of amides is 1. The number of hydrogen-bond acceptors (Lipinski definition) is 4. The van der Waals surface area contributed by atoms with Gasteiger partial charge in [0.05, 0.1) is 25.0 Å². The summed E-state index contributed by atoms with van der Waals surface area (Å²) in [5.41, 5.74) is 0.811. The van der Waals surface area contributed by atoms with Crippen LogP contribution in [0.1, 0.15) is 12.5 Å². The predicted molar refractivity (Wildman–Crippen MR) is 98.8 cm³/mol. The van der Waals surface area contributed by atoms with Gasteiger partial charge in [-0.25, -0.2) is 4.99 Å². The van der Waals surface area contributed by atoms with Crippen LogP contribution in [0.4, 0.5) is 18.9 Å². The van der Waals surface area contributed by atoms with Crippen molar-refractivity contribution in [2.75, 3.05) is 18.4 Å². The number of ether oxygens (including phenoxy) is 1. The fourth-order valence-electron chi connectivity index (χ4n) is 2.17. The number of guanidine groups is 1. The molecule has 0 atom stereocenters. The maximum absolute atomic E-state index is 12.5. The second-order valence-electron chi connectivity index (χ2n) is 5.49. The average Bonchev–Trinajstić information content (AvgIpc) is 2.64. The monoisotopic (exact) mass is 395 g/mol. The number of carbonyl (C=O) groups excluding carboxylic acids is 1. The Hall–Kier alpha value is -3.30. The van der Waals surface area contributed by atoms with Crippen molar-refractivity contribution in [1.29, 1.82) is 0 Å². The van der Waals surface area contributed by atoms with Gasteiger partial charge in [-0.05, 0) is 25.1 Å². The van der Waals surface area contributed by atoms with Crippen molar-refractivity contribution in [1.82, 2.24) is 15.6 Å². The fourth-order valence-corrected chi connectivity index (χ4v) is 2.17. The third-order valence-electron chi connectivity index (χ3n) is 3.31. The Morgan fingerprint density at radius 1 is 1.18 bits per heavy atom. The van der Waals surface area contributed by atoms with Crippen molar-refractivity contribution in [3.8, 4) is 5.75 Å². The maximum atomic E-state index is 12.5. The number of halogens is 3. The number of aliphatic imine (C=N–C) groups is 1. The van der Waals surface area contributed by atoms with Crippen molar-refractivity contribution >= 4 is 17.6 Å². The van der Waals surface area contributed by atoms with Gasteiger partial charge in [0, 0.05) is 18.3 Å². The highest BCUT2D eigenvalue weighted by atomic mass is 19.4. The predicted octanol–water partition coefficient (Wildman–Crippen LogP) is 2.67. The molecule has 0 fully saturated rings. The Morgan fingerprint density at radius 2 is 1.96 bits per heavy atom. The Bertz CT molecular complexity index is 797. The van der Waals surface area contributed by atoms with Gasteiger partial charge in [-0.15, -0.1) is 13.2 Å². The number of benzene rings is 1. The molecule has 0 bridgehead atoms. The summed E-state index contributed by atoms with van der Waals surface area (Å²) in [5.74, 6) is -0.353. The fraction of sp³-hybridized carbons (Fsp3) is 0.278. The summed E-state index contributed by atoms with van der Waals surface area (Å²) in [6.45, 7) is 2.19. The molecule has 1 heterocycles. The van der Waals surface area contributed by atoms with Crippen molar-refractivity contribution < 1.29 is 22.7 Å². The summed E-state index contributed by atoms with van der Waals surface area (Å²) < 4.78 is 41.5. The largest absolute Gasteiger partial charge is 0.573 e. The van der Waals surface area contributed by atoms with Gasteiger partial charge in [0.2, 0.25) is 5.91 Å². The summed E-state index contributed by atoms with van der Waals surface area (Å²) in [6.07, 6.45) is -1.69. The summed E-state index contributed by atoms with van der Waals surface area (Å²) in [5, 5.41) is 8.40. The van der Waals surface area contributed by atoms with E-state index < -0.39 is 6.36 Å². The molecule has 0 saturated carbocycles. The number of aromatic nitrogens is 1. The third kappa shape index (κ3) is 7.52. The lowest BCUT2D eigenvalue weighted by Crippen LogP contribution is -2.41. The van der Waals surface area contributed by atoms with E-state index in [4.69, 9.17) is 0 Å². The molecule has 0 aliphatic rings. The van der Waals surface area contributed by atoms with Crippen LogP contribution in [0.15, 0.2) is 53.8 Å². The Morgan fingerprint density at radius 3 is 2.64 bits per heavy atom. The lowest BCUT2D eigenvalue weighted by Gasteiger charge is -2.14. The highest BCUT2D eigenvalue weighted by Gasteiger charge is 2.31. The molecule has 0 unspecified atom stereocenters. The number of nitrogens with one attached hydrogen (secondary N) is 3. The van der Waals surface area contributed by atoms with E-state index in [0.29, 0.717) is 12.2 Å². The molecule has 0 aliphatic carbocycles. The first kappa shape index (κ1) is 21.0. The molecule has 0 radical (unpaired) electrons. The van der Waals surface area contributed by atoms with Gasteiger partial charge in [-0.3, -0.25) is 9.78 Å². The van der Waals surface area contributed by atoms with Gasteiger partial charge < -0.3 is 20.7 Å². The number of pyridine rings is 1. The number of nitrogens with zero attached hydrogens (tertiary/aromatic N) is 2.